The van der Waals surface area contributed by atoms with Gasteiger partial charge in [-0.25, -0.2) is 4.39 Å². The van der Waals surface area contributed by atoms with Crippen molar-refractivity contribution in [2.75, 3.05) is 20.5 Å². The molecule has 100 valence electrons. The SMILES string of the molecule is CCOC(=O)Cc1ccc(OCOC)c(C)c1F. The minimum Gasteiger partial charge on any atom is -0.467 e. The van der Waals surface area contributed by atoms with Gasteiger partial charge in [-0.2, -0.15) is 0 Å². The molecule has 0 saturated heterocycles. The maximum atomic E-state index is 14.0. The number of ether oxygens (including phenoxy) is 3. The van der Waals surface area contributed by atoms with Crippen LogP contribution < -0.4 is 4.74 Å². The van der Waals surface area contributed by atoms with Crippen LogP contribution in [0.5, 0.6) is 5.75 Å². The van der Waals surface area contributed by atoms with Gasteiger partial charge in [0.1, 0.15) is 11.6 Å². The second-order valence-electron chi connectivity index (χ2n) is 3.69. The average Bonchev–Trinajstić information content (AvgIpc) is 2.34. The van der Waals surface area contributed by atoms with Crippen LogP contribution in [0.1, 0.15) is 18.1 Å². The van der Waals surface area contributed by atoms with Gasteiger partial charge in [-0.15, -0.1) is 0 Å². The molecule has 1 rings (SSSR count). The van der Waals surface area contributed by atoms with E-state index in [-0.39, 0.29) is 19.8 Å². The van der Waals surface area contributed by atoms with Gasteiger partial charge in [-0.1, -0.05) is 6.07 Å². The van der Waals surface area contributed by atoms with Gasteiger partial charge in [0.2, 0.25) is 0 Å². The molecule has 1 aromatic carbocycles. The Morgan fingerprint density at radius 1 is 1.39 bits per heavy atom. The minimum absolute atomic E-state index is 0.0531. The minimum atomic E-state index is -0.448. The molecule has 4 nitrogen and oxygen atoms in total. The summed E-state index contributed by atoms with van der Waals surface area (Å²) in [5, 5.41) is 0. The molecular weight excluding hydrogens is 239 g/mol. The van der Waals surface area contributed by atoms with Crippen LogP contribution in [0.2, 0.25) is 0 Å². The van der Waals surface area contributed by atoms with Gasteiger partial charge in [-0.05, 0) is 25.5 Å². The Bertz CT molecular complexity index is 418. The summed E-state index contributed by atoms with van der Waals surface area (Å²) in [6.45, 7) is 3.64. The average molecular weight is 256 g/mol. The van der Waals surface area contributed by atoms with E-state index >= 15 is 0 Å². The zero-order valence-corrected chi connectivity index (χ0v) is 10.8. The molecule has 0 aliphatic heterocycles. The fraction of sp³-hybridized carbons (Fsp3) is 0.462. The molecule has 0 saturated carbocycles. The monoisotopic (exact) mass is 256 g/mol. The first-order valence-electron chi connectivity index (χ1n) is 5.65. The van der Waals surface area contributed by atoms with Crippen molar-refractivity contribution in [3.63, 3.8) is 0 Å². The highest BCUT2D eigenvalue weighted by atomic mass is 19.1. The lowest BCUT2D eigenvalue weighted by atomic mass is 10.1. The maximum Gasteiger partial charge on any atom is 0.310 e. The predicted molar refractivity (Wildman–Crippen MR) is 64.0 cm³/mol. The van der Waals surface area contributed by atoms with Crippen molar-refractivity contribution < 1.29 is 23.4 Å². The van der Waals surface area contributed by atoms with Crippen LogP contribution in [0.25, 0.3) is 0 Å². The largest absolute Gasteiger partial charge is 0.467 e. The normalized spacial score (nSPS) is 10.2. The molecular formula is C13H17FO4. The van der Waals surface area contributed by atoms with Crippen LogP contribution in [-0.4, -0.2) is 26.5 Å². The highest BCUT2D eigenvalue weighted by molar-refractivity contribution is 5.72. The standard InChI is InChI=1S/C13H17FO4/c1-4-17-12(15)7-10-5-6-11(18-8-16-3)9(2)13(10)14/h5-6H,4,7-8H2,1-3H3. The topological polar surface area (TPSA) is 44.8 Å². The molecule has 0 bridgehead atoms. The number of methoxy groups -OCH3 is 1. The summed E-state index contributed by atoms with van der Waals surface area (Å²) in [6.07, 6.45) is -0.0783. The van der Waals surface area contributed by atoms with Gasteiger partial charge < -0.3 is 14.2 Å². The first-order chi connectivity index (χ1) is 8.60. The van der Waals surface area contributed by atoms with Crippen molar-refractivity contribution in [1.29, 1.82) is 0 Å². The molecule has 5 heteroatoms. The summed E-state index contributed by atoms with van der Waals surface area (Å²) in [5.74, 6) is -0.486. The van der Waals surface area contributed by atoms with Gasteiger partial charge in [0.15, 0.2) is 6.79 Å². The third kappa shape index (κ3) is 3.70. The highest BCUT2D eigenvalue weighted by Crippen LogP contribution is 2.24. The van der Waals surface area contributed by atoms with Crippen LogP contribution in [0, 0.1) is 12.7 Å². The second-order valence-corrected chi connectivity index (χ2v) is 3.69. The molecule has 0 fully saturated rings. The first-order valence-corrected chi connectivity index (χ1v) is 5.65. The van der Waals surface area contributed by atoms with Crippen LogP contribution in [0.15, 0.2) is 12.1 Å². The van der Waals surface area contributed by atoms with E-state index in [0.717, 1.165) is 0 Å². The molecule has 0 aliphatic rings. The molecule has 0 radical (unpaired) electrons. The lowest BCUT2D eigenvalue weighted by Gasteiger charge is -2.11. The fourth-order valence-electron chi connectivity index (χ4n) is 1.51. The van der Waals surface area contributed by atoms with E-state index in [9.17, 15) is 9.18 Å². The van der Waals surface area contributed by atoms with Gasteiger partial charge in [0, 0.05) is 12.7 Å². The summed E-state index contributed by atoms with van der Waals surface area (Å²) < 4.78 is 28.7. The van der Waals surface area contributed by atoms with Crippen molar-refractivity contribution >= 4 is 5.97 Å². The fourth-order valence-corrected chi connectivity index (χ4v) is 1.51. The van der Waals surface area contributed by atoms with Crippen molar-refractivity contribution in [2.45, 2.75) is 20.3 Å². The molecule has 1 aromatic rings. The van der Waals surface area contributed by atoms with E-state index in [4.69, 9.17) is 14.2 Å². The summed E-state index contributed by atoms with van der Waals surface area (Å²) in [4.78, 5) is 11.3. The van der Waals surface area contributed by atoms with Crippen LogP contribution in [0.4, 0.5) is 4.39 Å². The van der Waals surface area contributed by atoms with Gasteiger partial charge in [0.05, 0.1) is 13.0 Å². The van der Waals surface area contributed by atoms with Crippen molar-refractivity contribution in [2.24, 2.45) is 0 Å². The van der Waals surface area contributed by atoms with Crippen molar-refractivity contribution in [3.05, 3.63) is 29.1 Å². The molecule has 0 unspecified atom stereocenters. The van der Waals surface area contributed by atoms with E-state index < -0.39 is 11.8 Å². The smallest absolute Gasteiger partial charge is 0.310 e. The number of halogens is 1. The molecule has 0 N–H and O–H groups in total. The van der Waals surface area contributed by atoms with E-state index in [1.54, 1.807) is 19.9 Å². The zero-order valence-electron chi connectivity index (χ0n) is 10.8. The number of hydrogen-bond acceptors (Lipinski definition) is 4. The number of benzene rings is 1. The lowest BCUT2D eigenvalue weighted by Crippen LogP contribution is -2.10. The Morgan fingerprint density at radius 3 is 2.72 bits per heavy atom. The molecule has 0 atom stereocenters. The van der Waals surface area contributed by atoms with Gasteiger partial charge in [0.25, 0.3) is 0 Å². The molecule has 0 amide bonds. The second kappa shape index (κ2) is 6.96. The molecule has 0 spiro atoms. The maximum absolute atomic E-state index is 14.0. The molecule has 0 heterocycles. The Morgan fingerprint density at radius 2 is 2.11 bits per heavy atom. The van der Waals surface area contributed by atoms with Crippen LogP contribution >= 0.6 is 0 Å². The Kier molecular flexibility index (Phi) is 5.58. The van der Waals surface area contributed by atoms with E-state index in [0.29, 0.717) is 16.9 Å². The summed E-state index contributed by atoms with van der Waals surface area (Å²) in [6, 6.07) is 3.14. The number of carbonyl (C=O) groups is 1. The third-order valence-corrected chi connectivity index (χ3v) is 2.39. The lowest BCUT2D eigenvalue weighted by molar-refractivity contribution is -0.142. The quantitative estimate of drug-likeness (QED) is 0.578. The van der Waals surface area contributed by atoms with E-state index in [2.05, 4.69) is 0 Å². The number of rotatable bonds is 6. The zero-order chi connectivity index (χ0) is 13.5. The Labute approximate surface area is 106 Å². The van der Waals surface area contributed by atoms with Crippen molar-refractivity contribution in [1.82, 2.24) is 0 Å². The molecule has 0 aliphatic carbocycles. The van der Waals surface area contributed by atoms with Gasteiger partial charge >= 0.3 is 5.97 Å². The Hall–Kier alpha value is -1.62. The van der Waals surface area contributed by atoms with E-state index in [1.807, 2.05) is 0 Å². The highest BCUT2D eigenvalue weighted by Gasteiger charge is 2.14. The Balaban J connectivity index is 2.83. The van der Waals surface area contributed by atoms with Crippen LogP contribution in [-0.2, 0) is 20.7 Å². The molecule has 18 heavy (non-hydrogen) atoms. The number of esters is 1. The first kappa shape index (κ1) is 14.4. The third-order valence-electron chi connectivity index (χ3n) is 2.39. The van der Waals surface area contributed by atoms with Crippen molar-refractivity contribution in [3.8, 4) is 5.75 Å². The van der Waals surface area contributed by atoms with Crippen LogP contribution in [0.3, 0.4) is 0 Å². The number of carbonyl (C=O) groups excluding carboxylic acids is 1. The predicted octanol–water partition coefficient (Wildman–Crippen LogP) is 2.22. The summed E-state index contributed by atoms with van der Waals surface area (Å²) >= 11 is 0. The molecule has 0 aromatic heterocycles. The number of hydrogen-bond donors (Lipinski definition) is 0. The van der Waals surface area contributed by atoms with Gasteiger partial charge in [-0.3, -0.25) is 4.79 Å². The van der Waals surface area contributed by atoms with E-state index in [1.165, 1.54) is 13.2 Å². The summed E-state index contributed by atoms with van der Waals surface area (Å²) in [7, 11) is 1.49. The summed E-state index contributed by atoms with van der Waals surface area (Å²) in [5.41, 5.74) is 0.657.